The highest BCUT2D eigenvalue weighted by Gasteiger charge is 2.36. The van der Waals surface area contributed by atoms with Crippen molar-refractivity contribution in [2.45, 2.75) is 63.2 Å². The van der Waals surface area contributed by atoms with Crippen molar-refractivity contribution < 1.29 is 24.3 Å². The number of nitrogens with zero attached hydrogens (tertiary/aromatic N) is 1. The lowest BCUT2D eigenvalue weighted by molar-refractivity contribution is -0.149. The molecule has 1 fully saturated rings. The molecule has 7 N–H and O–H groups in total. The first-order chi connectivity index (χ1) is 13.2. The van der Waals surface area contributed by atoms with Crippen LogP contribution in [-0.2, 0) is 19.2 Å². The van der Waals surface area contributed by atoms with Crippen molar-refractivity contribution in [2.24, 2.45) is 11.5 Å². The van der Waals surface area contributed by atoms with E-state index in [1.54, 1.807) is 0 Å². The van der Waals surface area contributed by atoms with E-state index in [9.17, 15) is 24.3 Å². The first kappa shape index (κ1) is 24.2. The Morgan fingerprint density at radius 2 is 1.89 bits per heavy atom. The summed E-state index contributed by atoms with van der Waals surface area (Å²) in [6.07, 6.45) is 2.63. The molecule has 0 bridgehead atoms. The number of carbonyl (C=O) groups excluding carboxylic acids is 3. The zero-order chi connectivity index (χ0) is 21.3. The van der Waals surface area contributed by atoms with Crippen LogP contribution in [-0.4, -0.2) is 76.7 Å². The van der Waals surface area contributed by atoms with Gasteiger partial charge in [0.25, 0.3) is 0 Å². The summed E-state index contributed by atoms with van der Waals surface area (Å²) >= 11 is 3.97. The Labute approximate surface area is 170 Å². The van der Waals surface area contributed by atoms with Crippen molar-refractivity contribution in [3.63, 3.8) is 0 Å². The van der Waals surface area contributed by atoms with Gasteiger partial charge in [-0.3, -0.25) is 14.4 Å². The third kappa shape index (κ3) is 6.95. The van der Waals surface area contributed by atoms with Gasteiger partial charge < -0.3 is 32.1 Å². The Morgan fingerprint density at radius 1 is 1.21 bits per heavy atom. The molecule has 0 aromatic carbocycles. The molecule has 10 nitrogen and oxygen atoms in total. The number of carbonyl (C=O) groups is 4. The van der Waals surface area contributed by atoms with Gasteiger partial charge in [0.05, 0.1) is 6.04 Å². The van der Waals surface area contributed by atoms with Gasteiger partial charge in [-0.1, -0.05) is 0 Å². The van der Waals surface area contributed by atoms with Gasteiger partial charge in [0.2, 0.25) is 17.7 Å². The van der Waals surface area contributed by atoms with Gasteiger partial charge in [0.15, 0.2) is 0 Å². The van der Waals surface area contributed by atoms with Crippen LogP contribution in [0.2, 0.25) is 0 Å². The number of carboxylic acid groups (broad SMARTS) is 1. The second-order valence-corrected chi connectivity index (χ2v) is 7.26. The molecule has 0 radical (unpaired) electrons. The number of aliphatic carboxylic acids is 1. The maximum atomic E-state index is 12.6. The molecule has 4 atom stereocenters. The lowest BCUT2D eigenvalue weighted by Crippen LogP contribution is -2.56. The van der Waals surface area contributed by atoms with Crippen molar-refractivity contribution in [1.82, 2.24) is 15.5 Å². The fourth-order valence-corrected chi connectivity index (χ4v) is 3.20. The van der Waals surface area contributed by atoms with Gasteiger partial charge in [0.1, 0.15) is 18.1 Å². The van der Waals surface area contributed by atoms with Crippen molar-refractivity contribution >= 4 is 36.3 Å². The molecule has 0 aromatic rings. The fraction of sp³-hybridized carbons (Fsp3) is 0.765. The third-order valence-electron chi connectivity index (χ3n) is 4.66. The van der Waals surface area contributed by atoms with Crippen LogP contribution >= 0.6 is 12.6 Å². The molecule has 4 unspecified atom stereocenters. The molecule has 1 saturated heterocycles. The van der Waals surface area contributed by atoms with Gasteiger partial charge in [0, 0.05) is 12.3 Å². The van der Waals surface area contributed by atoms with E-state index in [4.69, 9.17) is 11.5 Å². The summed E-state index contributed by atoms with van der Waals surface area (Å²) in [5.74, 6) is -2.42. The Hall–Kier alpha value is -1.85. The van der Waals surface area contributed by atoms with E-state index in [1.807, 2.05) is 0 Å². The maximum absolute atomic E-state index is 12.6. The highest BCUT2D eigenvalue weighted by molar-refractivity contribution is 7.80. The number of carboxylic acids is 1. The molecule has 160 valence electrons. The van der Waals surface area contributed by atoms with Crippen LogP contribution in [0.3, 0.4) is 0 Å². The molecule has 0 aliphatic carbocycles. The number of nitrogens with one attached hydrogen (secondary N) is 2. The van der Waals surface area contributed by atoms with Crippen LogP contribution in [0.1, 0.15) is 39.0 Å². The first-order valence-corrected chi connectivity index (χ1v) is 10.1. The smallest absolute Gasteiger partial charge is 0.326 e. The first-order valence-electron chi connectivity index (χ1n) is 9.43. The van der Waals surface area contributed by atoms with Gasteiger partial charge in [-0.2, -0.15) is 12.6 Å². The van der Waals surface area contributed by atoms with E-state index in [0.717, 1.165) is 0 Å². The van der Waals surface area contributed by atoms with Gasteiger partial charge in [-0.15, -0.1) is 0 Å². The van der Waals surface area contributed by atoms with E-state index in [-0.39, 0.29) is 5.75 Å². The van der Waals surface area contributed by atoms with Gasteiger partial charge >= 0.3 is 5.97 Å². The average Bonchev–Trinajstić information content (AvgIpc) is 3.15. The lowest BCUT2D eigenvalue weighted by Gasteiger charge is -2.27. The molecule has 3 amide bonds. The fourth-order valence-electron chi connectivity index (χ4n) is 3.03. The minimum absolute atomic E-state index is 0.128. The SMILES string of the molecule is CC(NC(=O)C(CCCCN)NC(=O)C(N)CS)C(=O)N1CCCC1C(=O)O. The number of likely N-dealkylation sites (tertiary alicyclic amines) is 1. The monoisotopic (exact) mass is 417 g/mol. The predicted molar refractivity (Wildman–Crippen MR) is 107 cm³/mol. The average molecular weight is 418 g/mol. The molecule has 28 heavy (non-hydrogen) atoms. The number of rotatable bonds is 11. The molecule has 0 saturated carbocycles. The summed E-state index contributed by atoms with van der Waals surface area (Å²) in [6.45, 7) is 2.29. The Morgan fingerprint density at radius 3 is 2.46 bits per heavy atom. The summed E-state index contributed by atoms with van der Waals surface area (Å²) in [5.41, 5.74) is 11.1. The van der Waals surface area contributed by atoms with Crippen LogP contribution in [0.5, 0.6) is 0 Å². The number of hydrogen-bond acceptors (Lipinski definition) is 7. The minimum atomic E-state index is -1.06. The number of nitrogens with two attached hydrogens (primary N) is 2. The largest absolute Gasteiger partial charge is 0.480 e. The predicted octanol–water partition coefficient (Wildman–Crippen LogP) is -1.56. The summed E-state index contributed by atoms with van der Waals surface area (Å²) in [6, 6.07) is -3.51. The Balaban J connectivity index is 2.74. The number of hydrogen-bond donors (Lipinski definition) is 6. The number of amides is 3. The van der Waals surface area contributed by atoms with E-state index in [0.29, 0.717) is 45.2 Å². The molecule has 1 aliphatic rings. The quantitative estimate of drug-likeness (QED) is 0.174. The van der Waals surface area contributed by atoms with Crippen molar-refractivity contribution in [2.75, 3.05) is 18.8 Å². The molecule has 0 spiro atoms. The zero-order valence-electron chi connectivity index (χ0n) is 16.1. The van der Waals surface area contributed by atoms with Crippen LogP contribution in [0, 0.1) is 0 Å². The zero-order valence-corrected chi connectivity index (χ0v) is 17.0. The van der Waals surface area contributed by atoms with E-state index < -0.39 is 47.9 Å². The molecule has 1 heterocycles. The summed E-state index contributed by atoms with van der Waals surface area (Å²) in [5, 5.41) is 14.4. The van der Waals surface area contributed by atoms with Gasteiger partial charge in [-0.25, -0.2) is 4.79 Å². The standard InChI is InChI=1S/C17H31N5O5S/c1-10(16(25)22-8-4-6-13(22)17(26)27)20-15(24)12(5-2-3-7-18)21-14(23)11(19)9-28/h10-13,28H,2-9,18-19H2,1H3,(H,20,24)(H,21,23)(H,26,27). The van der Waals surface area contributed by atoms with Crippen molar-refractivity contribution in [1.29, 1.82) is 0 Å². The highest BCUT2D eigenvalue weighted by Crippen LogP contribution is 2.18. The second-order valence-electron chi connectivity index (χ2n) is 6.89. The van der Waals surface area contributed by atoms with Crippen LogP contribution < -0.4 is 22.1 Å². The maximum Gasteiger partial charge on any atom is 0.326 e. The topological polar surface area (TPSA) is 168 Å². The molecular formula is C17H31N5O5S. The number of unbranched alkanes of at least 4 members (excludes halogenated alkanes) is 1. The summed E-state index contributed by atoms with van der Waals surface area (Å²) in [7, 11) is 0. The van der Waals surface area contributed by atoms with Crippen LogP contribution in [0.4, 0.5) is 0 Å². The third-order valence-corrected chi connectivity index (χ3v) is 5.06. The molecule has 1 rings (SSSR count). The van der Waals surface area contributed by atoms with Crippen molar-refractivity contribution in [3.05, 3.63) is 0 Å². The summed E-state index contributed by atoms with van der Waals surface area (Å²) in [4.78, 5) is 49.8. The molecule has 0 aromatic heterocycles. The van der Waals surface area contributed by atoms with Crippen molar-refractivity contribution in [3.8, 4) is 0 Å². The molecule has 11 heteroatoms. The molecular weight excluding hydrogens is 386 g/mol. The van der Waals surface area contributed by atoms with E-state index in [2.05, 4.69) is 23.3 Å². The molecule has 1 aliphatic heterocycles. The highest BCUT2D eigenvalue weighted by atomic mass is 32.1. The van der Waals surface area contributed by atoms with E-state index >= 15 is 0 Å². The van der Waals surface area contributed by atoms with Crippen LogP contribution in [0.15, 0.2) is 0 Å². The normalized spacial score (nSPS) is 19.6. The Bertz CT molecular complexity index is 576. The number of thiol groups is 1. The van der Waals surface area contributed by atoms with E-state index in [1.165, 1.54) is 11.8 Å². The summed E-state index contributed by atoms with van der Waals surface area (Å²) < 4.78 is 0. The second kappa shape index (κ2) is 11.9. The van der Waals surface area contributed by atoms with Crippen LogP contribution in [0.25, 0.3) is 0 Å². The van der Waals surface area contributed by atoms with Gasteiger partial charge in [-0.05, 0) is 45.6 Å². The lowest BCUT2D eigenvalue weighted by atomic mass is 10.1. The Kier molecular flexibility index (Phi) is 10.3. The minimum Gasteiger partial charge on any atom is -0.480 e.